The molecular formula is C13H18N2O2. The van der Waals surface area contributed by atoms with Crippen molar-refractivity contribution in [2.75, 3.05) is 13.2 Å². The largest absolute Gasteiger partial charge is 0.394 e. The highest BCUT2D eigenvalue weighted by molar-refractivity contribution is 5.94. The van der Waals surface area contributed by atoms with E-state index in [-0.39, 0.29) is 18.6 Å². The summed E-state index contributed by atoms with van der Waals surface area (Å²) in [6.07, 6.45) is 1.85. The van der Waals surface area contributed by atoms with Gasteiger partial charge in [-0.3, -0.25) is 4.79 Å². The molecule has 2 rings (SSSR count). The van der Waals surface area contributed by atoms with Crippen LogP contribution in [0.4, 0.5) is 0 Å². The van der Waals surface area contributed by atoms with E-state index < -0.39 is 0 Å². The third kappa shape index (κ3) is 2.48. The van der Waals surface area contributed by atoms with Gasteiger partial charge in [0.15, 0.2) is 0 Å². The monoisotopic (exact) mass is 234 g/mol. The van der Waals surface area contributed by atoms with Crippen LogP contribution in [-0.4, -0.2) is 35.1 Å². The average molecular weight is 234 g/mol. The zero-order chi connectivity index (χ0) is 12.3. The van der Waals surface area contributed by atoms with E-state index in [4.69, 9.17) is 5.73 Å². The zero-order valence-electron chi connectivity index (χ0n) is 9.80. The maximum atomic E-state index is 12.3. The molecule has 1 saturated heterocycles. The standard InChI is InChI=1S/C13H18N2O2/c14-8-10-3-1-4-11(7-10)13(17)15-6-2-5-12(15)9-16/h1,3-4,7,12,16H,2,5-6,8-9,14H2. The number of nitrogens with two attached hydrogens (primary N) is 1. The fourth-order valence-corrected chi connectivity index (χ4v) is 2.29. The molecule has 0 aliphatic carbocycles. The SMILES string of the molecule is NCc1cccc(C(=O)N2CCCC2CO)c1. The van der Waals surface area contributed by atoms with Gasteiger partial charge in [-0.1, -0.05) is 12.1 Å². The van der Waals surface area contributed by atoms with E-state index in [1.54, 1.807) is 11.0 Å². The quantitative estimate of drug-likeness (QED) is 0.810. The van der Waals surface area contributed by atoms with Crippen molar-refractivity contribution >= 4 is 5.91 Å². The number of aliphatic hydroxyl groups is 1. The topological polar surface area (TPSA) is 66.6 Å². The number of rotatable bonds is 3. The van der Waals surface area contributed by atoms with Gasteiger partial charge in [-0.2, -0.15) is 0 Å². The molecule has 92 valence electrons. The van der Waals surface area contributed by atoms with E-state index in [0.29, 0.717) is 12.1 Å². The normalized spacial score (nSPS) is 19.6. The molecule has 1 heterocycles. The summed E-state index contributed by atoms with van der Waals surface area (Å²) in [4.78, 5) is 14.0. The van der Waals surface area contributed by atoms with Crippen LogP contribution in [0.3, 0.4) is 0 Å². The number of benzene rings is 1. The van der Waals surface area contributed by atoms with Crippen LogP contribution in [0.25, 0.3) is 0 Å². The molecule has 0 bridgehead atoms. The molecule has 1 atom stereocenters. The summed E-state index contributed by atoms with van der Waals surface area (Å²) in [5.41, 5.74) is 7.18. The van der Waals surface area contributed by atoms with Crippen LogP contribution >= 0.6 is 0 Å². The second kappa shape index (κ2) is 5.29. The van der Waals surface area contributed by atoms with Crippen molar-refractivity contribution in [2.24, 2.45) is 5.73 Å². The third-order valence-electron chi connectivity index (χ3n) is 3.26. The van der Waals surface area contributed by atoms with Gasteiger partial charge in [0.25, 0.3) is 5.91 Å². The summed E-state index contributed by atoms with van der Waals surface area (Å²) in [5, 5.41) is 9.22. The molecule has 4 heteroatoms. The Labute approximate surface area is 101 Å². The molecule has 0 aromatic heterocycles. The van der Waals surface area contributed by atoms with Gasteiger partial charge in [0, 0.05) is 18.7 Å². The molecule has 1 aliphatic rings. The highest BCUT2D eigenvalue weighted by atomic mass is 16.3. The second-order valence-corrected chi connectivity index (χ2v) is 4.38. The minimum atomic E-state index is -0.0240. The van der Waals surface area contributed by atoms with Crippen molar-refractivity contribution in [3.63, 3.8) is 0 Å². The second-order valence-electron chi connectivity index (χ2n) is 4.38. The number of likely N-dealkylation sites (tertiary alicyclic amines) is 1. The zero-order valence-corrected chi connectivity index (χ0v) is 9.80. The van der Waals surface area contributed by atoms with Gasteiger partial charge < -0.3 is 15.7 Å². The highest BCUT2D eigenvalue weighted by Crippen LogP contribution is 2.20. The van der Waals surface area contributed by atoms with Gasteiger partial charge in [0.2, 0.25) is 0 Å². The number of aliphatic hydroxyl groups excluding tert-OH is 1. The molecular weight excluding hydrogens is 216 g/mol. The highest BCUT2D eigenvalue weighted by Gasteiger charge is 2.28. The molecule has 0 spiro atoms. The van der Waals surface area contributed by atoms with Crippen molar-refractivity contribution in [2.45, 2.75) is 25.4 Å². The van der Waals surface area contributed by atoms with Crippen LogP contribution in [-0.2, 0) is 6.54 Å². The van der Waals surface area contributed by atoms with E-state index in [1.165, 1.54) is 0 Å². The summed E-state index contributed by atoms with van der Waals surface area (Å²) in [5.74, 6) is -0.00292. The molecule has 17 heavy (non-hydrogen) atoms. The average Bonchev–Trinajstić information content (AvgIpc) is 2.86. The summed E-state index contributed by atoms with van der Waals surface area (Å²) in [7, 11) is 0. The van der Waals surface area contributed by atoms with E-state index in [1.807, 2.05) is 18.2 Å². The lowest BCUT2D eigenvalue weighted by Gasteiger charge is -2.23. The summed E-state index contributed by atoms with van der Waals surface area (Å²) >= 11 is 0. The fraction of sp³-hybridized carbons (Fsp3) is 0.462. The first kappa shape index (κ1) is 12.1. The van der Waals surface area contributed by atoms with Crippen LogP contribution in [0.5, 0.6) is 0 Å². The van der Waals surface area contributed by atoms with E-state index >= 15 is 0 Å². The number of hydrogen-bond acceptors (Lipinski definition) is 3. The first-order valence-corrected chi connectivity index (χ1v) is 5.97. The lowest BCUT2D eigenvalue weighted by molar-refractivity contribution is 0.0677. The van der Waals surface area contributed by atoms with Crippen LogP contribution in [0.15, 0.2) is 24.3 Å². The minimum Gasteiger partial charge on any atom is -0.394 e. The van der Waals surface area contributed by atoms with E-state index in [0.717, 1.165) is 24.9 Å². The maximum absolute atomic E-state index is 12.3. The van der Waals surface area contributed by atoms with Crippen LogP contribution in [0, 0.1) is 0 Å². The molecule has 1 aromatic carbocycles. The maximum Gasteiger partial charge on any atom is 0.254 e. The minimum absolute atomic E-state index is 0.00292. The predicted molar refractivity (Wildman–Crippen MR) is 65.5 cm³/mol. The van der Waals surface area contributed by atoms with Gasteiger partial charge in [-0.05, 0) is 30.5 Å². The van der Waals surface area contributed by atoms with Crippen molar-refractivity contribution in [3.05, 3.63) is 35.4 Å². The number of hydrogen-bond donors (Lipinski definition) is 2. The number of amides is 1. The predicted octanol–water partition coefficient (Wildman–Crippen LogP) is 0.742. The van der Waals surface area contributed by atoms with Crippen LogP contribution in [0.1, 0.15) is 28.8 Å². The molecule has 1 amide bonds. The molecule has 1 aliphatic heterocycles. The van der Waals surface area contributed by atoms with Crippen molar-refractivity contribution < 1.29 is 9.90 Å². The molecule has 3 N–H and O–H groups in total. The Kier molecular flexibility index (Phi) is 3.76. The van der Waals surface area contributed by atoms with Crippen molar-refractivity contribution in [1.82, 2.24) is 4.90 Å². The smallest absolute Gasteiger partial charge is 0.254 e. The summed E-state index contributed by atoms with van der Waals surface area (Å²) in [6, 6.07) is 7.36. The van der Waals surface area contributed by atoms with Gasteiger partial charge >= 0.3 is 0 Å². The van der Waals surface area contributed by atoms with Gasteiger partial charge in [-0.25, -0.2) is 0 Å². The Bertz CT molecular complexity index is 406. The fourth-order valence-electron chi connectivity index (χ4n) is 2.29. The Balaban J connectivity index is 2.18. The van der Waals surface area contributed by atoms with Gasteiger partial charge in [-0.15, -0.1) is 0 Å². The molecule has 0 saturated carbocycles. The first-order valence-electron chi connectivity index (χ1n) is 5.97. The molecule has 1 aromatic rings. The van der Waals surface area contributed by atoms with Crippen molar-refractivity contribution in [1.29, 1.82) is 0 Å². The summed E-state index contributed by atoms with van der Waals surface area (Å²) in [6.45, 7) is 1.21. The molecule has 0 radical (unpaired) electrons. The molecule has 1 fully saturated rings. The number of carbonyl (C=O) groups is 1. The van der Waals surface area contributed by atoms with Crippen LogP contribution in [0.2, 0.25) is 0 Å². The van der Waals surface area contributed by atoms with Gasteiger partial charge in [0.05, 0.1) is 12.6 Å². The number of carbonyl (C=O) groups excluding carboxylic acids is 1. The lowest BCUT2D eigenvalue weighted by Crippen LogP contribution is -2.37. The van der Waals surface area contributed by atoms with Gasteiger partial charge in [0.1, 0.15) is 0 Å². The van der Waals surface area contributed by atoms with Crippen molar-refractivity contribution in [3.8, 4) is 0 Å². The number of nitrogens with zero attached hydrogens (tertiary/aromatic N) is 1. The van der Waals surface area contributed by atoms with E-state index in [9.17, 15) is 9.90 Å². The van der Waals surface area contributed by atoms with Crippen LogP contribution < -0.4 is 5.73 Å². The molecule has 4 nitrogen and oxygen atoms in total. The lowest BCUT2D eigenvalue weighted by atomic mass is 10.1. The first-order chi connectivity index (χ1) is 8.26. The molecule has 1 unspecified atom stereocenters. The Morgan fingerprint density at radius 2 is 2.35 bits per heavy atom. The Morgan fingerprint density at radius 3 is 3.06 bits per heavy atom. The third-order valence-corrected chi connectivity index (χ3v) is 3.26. The summed E-state index contributed by atoms with van der Waals surface area (Å²) < 4.78 is 0. The van der Waals surface area contributed by atoms with E-state index in [2.05, 4.69) is 0 Å². The Morgan fingerprint density at radius 1 is 1.53 bits per heavy atom. The Hall–Kier alpha value is -1.39.